The maximum Gasteiger partial charge on any atom is 0.247 e. The van der Waals surface area contributed by atoms with E-state index in [4.69, 9.17) is 0 Å². The van der Waals surface area contributed by atoms with Crippen LogP contribution in [0.5, 0.6) is 0 Å². The van der Waals surface area contributed by atoms with E-state index in [2.05, 4.69) is 31.4 Å². The molecule has 1 atom stereocenters. The summed E-state index contributed by atoms with van der Waals surface area (Å²) in [6.45, 7) is 11.9. The van der Waals surface area contributed by atoms with Gasteiger partial charge in [-0.2, -0.15) is 0 Å². The molecule has 22 heavy (non-hydrogen) atoms. The van der Waals surface area contributed by atoms with Crippen LogP contribution in [0, 0.1) is 5.41 Å². The van der Waals surface area contributed by atoms with Crippen LogP contribution in [0.2, 0.25) is 0 Å². The number of carbonyl (C=O) groups excluding carboxylic acids is 2. The lowest BCUT2D eigenvalue weighted by Crippen LogP contribution is -2.50. The minimum atomic E-state index is -0.669. The summed E-state index contributed by atoms with van der Waals surface area (Å²) in [6.07, 6.45) is 0.841. The molecule has 1 unspecified atom stereocenters. The fourth-order valence-electron chi connectivity index (χ4n) is 2.92. The highest BCUT2D eigenvalue weighted by Crippen LogP contribution is 2.27. The maximum atomic E-state index is 12.7. The SMILES string of the molecule is CC(=O)NC(C(=O)NC(C)(C)CC(C)(C)C)c1ccccc1. The van der Waals surface area contributed by atoms with E-state index in [1.165, 1.54) is 6.92 Å². The van der Waals surface area contributed by atoms with E-state index >= 15 is 0 Å². The zero-order valence-electron chi connectivity index (χ0n) is 14.5. The Bertz CT molecular complexity index is 516. The van der Waals surface area contributed by atoms with Crippen LogP contribution in [0.3, 0.4) is 0 Å². The molecule has 1 aromatic rings. The zero-order chi connectivity index (χ0) is 17.0. The fraction of sp³-hybridized carbons (Fsp3) is 0.556. The largest absolute Gasteiger partial charge is 0.349 e. The van der Waals surface area contributed by atoms with Crippen molar-refractivity contribution in [3.8, 4) is 0 Å². The molecule has 122 valence electrons. The predicted octanol–water partition coefficient (Wildman–Crippen LogP) is 3.19. The summed E-state index contributed by atoms with van der Waals surface area (Å²) in [6, 6.07) is 8.62. The number of hydrogen-bond acceptors (Lipinski definition) is 2. The molecule has 0 aromatic heterocycles. The van der Waals surface area contributed by atoms with Crippen molar-refractivity contribution >= 4 is 11.8 Å². The highest BCUT2D eigenvalue weighted by molar-refractivity contribution is 5.88. The molecular weight excluding hydrogens is 276 g/mol. The maximum absolute atomic E-state index is 12.7. The molecular formula is C18H28N2O2. The first-order valence-corrected chi connectivity index (χ1v) is 7.64. The number of carbonyl (C=O) groups is 2. The Morgan fingerprint density at radius 2 is 1.59 bits per heavy atom. The number of amides is 2. The second-order valence-corrected chi connectivity index (χ2v) is 7.65. The first-order chi connectivity index (χ1) is 10.0. The summed E-state index contributed by atoms with van der Waals surface area (Å²) in [5.41, 5.74) is 0.537. The molecule has 0 aliphatic carbocycles. The molecule has 0 fully saturated rings. The van der Waals surface area contributed by atoms with E-state index in [-0.39, 0.29) is 22.8 Å². The third-order valence-electron chi connectivity index (χ3n) is 3.18. The normalized spacial score (nSPS) is 13.4. The molecule has 0 bridgehead atoms. The van der Waals surface area contributed by atoms with Gasteiger partial charge in [-0.25, -0.2) is 0 Å². The Morgan fingerprint density at radius 3 is 2.05 bits per heavy atom. The van der Waals surface area contributed by atoms with Crippen LogP contribution in [0.25, 0.3) is 0 Å². The lowest BCUT2D eigenvalue weighted by Gasteiger charge is -2.34. The number of benzene rings is 1. The fourth-order valence-corrected chi connectivity index (χ4v) is 2.92. The molecule has 1 rings (SSSR count). The number of hydrogen-bond donors (Lipinski definition) is 2. The molecule has 0 radical (unpaired) electrons. The molecule has 0 spiro atoms. The van der Waals surface area contributed by atoms with Gasteiger partial charge >= 0.3 is 0 Å². The second-order valence-electron chi connectivity index (χ2n) is 7.65. The van der Waals surface area contributed by atoms with Crippen molar-refractivity contribution in [3.05, 3.63) is 35.9 Å². The summed E-state index contributed by atoms with van der Waals surface area (Å²) in [5.74, 6) is -0.409. The van der Waals surface area contributed by atoms with Crippen molar-refractivity contribution in [3.63, 3.8) is 0 Å². The first-order valence-electron chi connectivity index (χ1n) is 7.64. The van der Waals surface area contributed by atoms with E-state index < -0.39 is 6.04 Å². The summed E-state index contributed by atoms with van der Waals surface area (Å²) in [5, 5.41) is 5.79. The molecule has 2 amide bonds. The van der Waals surface area contributed by atoms with E-state index in [1.807, 2.05) is 44.2 Å². The monoisotopic (exact) mass is 304 g/mol. The number of rotatable bonds is 5. The Labute approximate surface area is 133 Å². The van der Waals surface area contributed by atoms with Crippen molar-refractivity contribution in [2.45, 2.75) is 59.5 Å². The molecule has 0 heterocycles. The molecule has 0 saturated carbocycles. The lowest BCUT2D eigenvalue weighted by atomic mass is 9.81. The molecule has 0 aliphatic rings. The average molecular weight is 304 g/mol. The number of nitrogens with one attached hydrogen (secondary N) is 2. The van der Waals surface area contributed by atoms with Gasteiger partial charge in [-0.05, 0) is 31.2 Å². The van der Waals surface area contributed by atoms with E-state index in [0.29, 0.717) is 0 Å². The molecule has 0 aliphatic heterocycles. The third kappa shape index (κ3) is 6.29. The van der Waals surface area contributed by atoms with Gasteiger partial charge in [0, 0.05) is 12.5 Å². The smallest absolute Gasteiger partial charge is 0.247 e. The van der Waals surface area contributed by atoms with E-state index in [1.54, 1.807) is 0 Å². The van der Waals surface area contributed by atoms with Gasteiger partial charge in [-0.1, -0.05) is 51.1 Å². The zero-order valence-corrected chi connectivity index (χ0v) is 14.5. The van der Waals surface area contributed by atoms with Crippen LogP contribution in [0.4, 0.5) is 0 Å². The van der Waals surface area contributed by atoms with Crippen LogP contribution < -0.4 is 10.6 Å². The van der Waals surface area contributed by atoms with Crippen molar-refractivity contribution in [1.82, 2.24) is 10.6 Å². The molecule has 4 heteroatoms. The van der Waals surface area contributed by atoms with Gasteiger partial charge in [0.05, 0.1) is 0 Å². The summed E-state index contributed by atoms with van der Waals surface area (Å²) >= 11 is 0. The van der Waals surface area contributed by atoms with Crippen LogP contribution in [-0.2, 0) is 9.59 Å². The third-order valence-corrected chi connectivity index (χ3v) is 3.18. The molecule has 4 nitrogen and oxygen atoms in total. The van der Waals surface area contributed by atoms with Crippen molar-refractivity contribution in [2.24, 2.45) is 5.41 Å². The highest BCUT2D eigenvalue weighted by Gasteiger charge is 2.30. The predicted molar refractivity (Wildman–Crippen MR) is 89.3 cm³/mol. The Balaban J connectivity index is 2.91. The minimum Gasteiger partial charge on any atom is -0.349 e. The molecule has 0 saturated heterocycles. The molecule has 2 N–H and O–H groups in total. The van der Waals surface area contributed by atoms with Gasteiger partial charge < -0.3 is 10.6 Å². The highest BCUT2D eigenvalue weighted by atomic mass is 16.2. The molecule has 1 aromatic carbocycles. The van der Waals surface area contributed by atoms with Crippen LogP contribution >= 0.6 is 0 Å². The van der Waals surface area contributed by atoms with Crippen molar-refractivity contribution < 1.29 is 9.59 Å². The summed E-state index contributed by atoms with van der Waals surface area (Å²) < 4.78 is 0. The topological polar surface area (TPSA) is 58.2 Å². The van der Waals surface area contributed by atoms with E-state index in [0.717, 1.165) is 12.0 Å². The quantitative estimate of drug-likeness (QED) is 0.877. The minimum absolute atomic E-state index is 0.104. The van der Waals surface area contributed by atoms with Gasteiger partial charge in [0.1, 0.15) is 6.04 Å². The average Bonchev–Trinajstić information content (AvgIpc) is 2.33. The van der Waals surface area contributed by atoms with Crippen molar-refractivity contribution in [2.75, 3.05) is 0 Å². The van der Waals surface area contributed by atoms with Gasteiger partial charge in [0.15, 0.2) is 0 Å². The van der Waals surface area contributed by atoms with Gasteiger partial charge in [0.25, 0.3) is 0 Å². The van der Waals surface area contributed by atoms with Crippen molar-refractivity contribution in [1.29, 1.82) is 0 Å². The van der Waals surface area contributed by atoms with Gasteiger partial charge in [0.2, 0.25) is 11.8 Å². The van der Waals surface area contributed by atoms with Crippen LogP contribution in [0.15, 0.2) is 30.3 Å². The van der Waals surface area contributed by atoms with E-state index in [9.17, 15) is 9.59 Å². The van der Waals surface area contributed by atoms with Gasteiger partial charge in [-0.3, -0.25) is 9.59 Å². The first kappa shape index (κ1) is 18.2. The second kappa shape index (κ2) is 6.95. The summed E-state index contributed by atoms with van der Waals surface area (Å²) in [4.78, 5) is 24.1. The summed E-state index contributed by atoms with van der Waals surface area (Å²) in [7, 11) is 0. The van der Waals surface area contributed by atoms with Gasteiger partial charge in [-0.15, -0.1) is 0 Å². The standard InChI is InChI=1S/C18H28N2O2/c1-13(21)19-15(14-10-8-7-9-11-14)16(22)20-18(5,6)12-17(2,3)4/h7-11,15H,12H2,1-6H3,(H,19,21)(H,20,22). The lowest BCUT2D eigenvalue weighted by molar-refractivity contribution is -0.129. The Hall–Kier alpha value is -1.84. The van der Waals surface area contributed by atoms with Crippen LogP contribution in [0.1, 0.15) is 59.6 Å². The Morgan fingerprint density at radius 1 is 1.05 bits per heavy atom. The Kier molecular flexibility index (Phi) is 5.75. The van der Waals surface area contributed by atoms with Crippen LogP contribution in [-0.4, -0.2) is 17.4 Å².